The second-order valence-electron chi connectivity index (χ2n) is 30.9. The van der Waals surface area contributed by atoms with E-state index in [0.29, 0.717) is 66.4 Å². The molecule has 83 heavy (non-hydrogen) atoms. The van der Waals surface area contributed by atoms with E-state index >= 15 is 0 Å². The van der Waals surface area contributed by atoms with Crippen LogP contribution in [0.1, 0.15) is 176 Å². The number of hydrogen-bond donors (Lipinski definition) is 6. The topological polar surface area (TPSA) is 208 Å². The maximum Gasteiger partial charge on any atom is 0.110 e. The van der Waals surface area contributed by atoms with Crippen molar-refractivity contribution in [2.24, 2.45) is 70.0 Å². The van der Waals surface area contributed by atoms with Crippen molar-refractivity contribution in [3.8, 4) is 0 Å². The molecular weight excluding hydrogens is 1040 g/mol. The molecule has 0 aromatic carbocycles. The van der Waals surface area contributed by atoms with E-state index in [2.05, 4.69) is 105 Å². The Morgan fingerprint density at radius 2 is 1.13 bits per heavy atom. The van der Waals surface area contributed by atoms with Crippen LogP contribution in [-0.2, 0) is 35.7 Å². The van der Waals surface area contributed by atoms with Crippen LogP contribution in [0.3, 0.4) is 0 Å². The number of likely N-dealkylation sites (tertiary alicyclic amines) is 2. The first kappa shape index (κ1) is 57.6. The van der Waals surface area contributed by atoms with Gasteiger partial charge in [-0.2, -0.15) is 0 Å². The van der Waals surface area contributed by atoms with E-state index in [4.69, 9.17) is 9.47 Å². The largest absolute Gasteiger partial charge is 0.393 e. The minimum Gasteiger partial charge on any atom is -0.393 e. The number of piperidine rings is 2. The highest BCUT2D eigenvalue weighted by Gasteiger charge is 2.66. The molecule has 4 aliphatic heterocycles. The third-order valence-electron chi connectivity index (χ3n) is 26.3. The van der Waals surface area contributed by atoms with E-state index in [9.17, 15) is 30.6 Å². The lowest BCUT2D eigenvalue weighted by Crippen LogP contribution is -2.57. The summed E-state index contributed by atoms with van der Waals surface area (Å²) in [6.45, 7) is 24.4. The number of nitrogens with zero attached hydrogens (tertiary/aromatic N) is 8. The Morgan fingerprint density at radius 3 is 1.69 bits per heavy atom. The highest BCUT2D eigenvalue weighted by atomic mass is 16.5. The summed E-state index contributed by atoms with van der Waals surface area (Å²) in [5.74, 6) is 5.27. The maximum absolute atomic E-state index is 11.3. The van der Waals surface area contributed by atoms with Crippen molar-refractivity contribution >= 4 is 0 Å². The fraction of sp³-hybridized carbons (Fsp3) is 0.821. The predicted octanol–water partition coefficient (Wildman–Crippen LogP) is 7.86. The number of allylic oxidation sites excluding steroid dienone is 4. The molecule has 4 saturated heterocycles. The fourth-order valence-corrected chi connectivity index (χ4v) is 22.5. The summed E-state index contributed by atoms with van der Waals surface area (Å²) in [6.07, 6.45) is 18.9. The molecule has 24 unspecified atom stereocenters. The quantitative estimate of drug-likeness (QED) is 0.119. The molecule has 16 nitrogen and oxygen atoms in total. The molecule has 0 radical (unpaired) electrons. The van der Waals surface area contributed by atoms with Crippen LogP contribution >= 0.6 is 0 Å². The molecule has 4 saturated carbocycles. The summed E-state index contributed by atoms with van der Waals surface area (Å²) < 4.78 is 18.1. The van der Waals surface area contributed by atoms with Crippen molar-refractivity contribution in [1.82, 2.24) is 39.8 Å². The van der Waals surface area contributed by atoms with Gasteiger partial charge in [-0.05, 0) is 193 Å². The van der Waals surface area contributed by atoms with Gasteiger partial charge in [0.15, 0.2) is 0 Å². The van der Waals surface area contributed by atoms with Gasteiger partial charge in [-0.15, -0.1) is 10.2 Å². The summed E-state index contributed by atoms with van der Waals surface area (Å²) in [5, 5.41) is 84.4. The third kappa shape index (κ3) is 9.05. The van der Waals surface area contributed by atoms with Crippen molar-refractivity contribution in [2.75, 3.05) is 13.1 Å². The van der Waals surface area contributed by atoms with Crippen molar-refractivity contribution in [3.63, 3.8) is 0 Å². The van der Waals surface area contributed by atoms with E-state index in [0.717, 1.165) is 121 Å². The van der Waals surface area contributed by atoms with Gasteiger partial charge in [0.1, 0.15) is 24.4 Å². The highest BCUT2D eigenvalue weighted by molar-refractivity contribution is 5.41. The van der Waals surface area contributed by atoms with Crippen LogP contribution in [0.4, 0.5) is 0 Å². The van der Waals surface area contributed by atoms with Crippen molar-refractivity contribution in [2.45, 2.75) is 263 Å². The number of ether oxygens (including phenoxy) is 2. The normalized spacial score (nSPS) is 46.3. The molecule has 0 amide bonds. The zero-order chi connectivity index (χ0) is 58.0. The van der Waals surface area contributed by atoms with Gasteiger partial charge in [-0.25, -0.2) is 9.36 Å². The van der Waals surface area contributed by atoms with Gasteiger partial charge >= 0.3 is 0 Å². The molecule has 8 fully saturated rings. The van der Waals surface area contributed by atoms with Crippen molar-refractivity contribution in [1.29, 1.82) is 0 Å². The van der Waals surface area contributed by atoms with Crippen LogP contribution in [0, 0.1) is 70.0 Å². The van der Waals surface area contributed by atoms with Crippen LogP contribution < -0.4 is 0 Å². The first-order chi connectivity index (χ1) is 39.5. The zero-order valence-electron chi connectivity index (χ0n) is 51.4. The maximum atomic E-state index is 11.3. The van der Waals surface area contributed by atoms with Crippen LogP contribution in [0.15, 0.2) is 58.0 Å². The van der Waals surface area contributed by atoms with Crippen LogP contribution in [0.25, 0.3) is 0 Å². The Morgan fingerprint density at radius 1 is 0.627 bits per heavy atom. The van der Waals surface area contributed by atoms with Gasteiger partial charge < -0.3 is 40.1 Å². The zero-order valence-corrected chi connectivity index (χ0v) is 51.4. The lowest BCUT2D eigenvalue weighted by molar-refractivity contribution is -0.127. The molecule has 2 spiro atoms. The Balaban J connectivity index is 0.595. The number of aliphatic hydroxyl groups excluding tert-OH is 6. The van der Waals surface area contributed by atoms with Gasteiger partial charge in [0.25, 0.3) is 0 Å². The van der Waals surface area contributed by atoms with Crippen molar-refractivity contribution < 1.29 is 40.1 Å². The van der Waals surface area contributed by atoms with Gasteiger partial charge in [0, 0.05) is 62.5 Å². The summed E-state index contributed by atoms with van der Waals surface area (Å²) in [6, 6.07) is 0.401. The molecule has 12 aliphatic rings. The molecule has 456 valence electrons. The van der Waals surface area contributed by atoms with Crippen LogP contribution in [0.5, 0.6) is 0 Å². The van der Waals surface area contributed by atoms with E-state index < -0.39 is 24.4 Å². The summed E-state index contributed by atoms with van der Waals surface area (Å²) in [7, 11) is 0. The monoisotopic (exact) mass is 1140 g/mol. The molecule has 24 atom stereocenters. The number of rotatable bonds is 11. The molecular formula is C67H100N8O8. The number of aliphatic hydroxyl groups is 6. The van der Waals surface area contributed by atoms with Crippen LogP contribution in [-0.4, -0.2) is 155 Å². The number of hydrogen-bond acceptors (Lipinski definition) is 14. The van der Waals surface area contributed by atoms with Gasteiger partial charge in [0.05, 0.1) is 59.6 Å². The third-order valence-corrected chi connectivity index (χ3v) is 26.3. The number of aromatic nitrogens is 6. The average Bonchev–Trinajstić information content (AvgIpc) is 1.75. The second-order valence-corrected chi connectivity index (χ2v) is 30.9. The Kier molecular flexibility index (Phi) is 14.4. The molecule has 6 N–H and O–H groups in total. The standard InChI is InChI=1S/C67H100N8O8/c1-36-22-58-59(40(5)66(82-58)20-16-48-50-12-10-42-23-46(76)14-18-63(42,7)54(50)25-52(48)38(66)3)72(28-36)30-44-32-74(70-68-44)34-56(78)60(80)61(81)57(79)35-75-33-45(69-71-75)31-73-29-37(2)27-65(9)62(73)41(6)67(83-65)21-17-49-51-13-11-43-24-47(77)15-19-64(43,8)55(51)26-53(49)39(67)4/h10-11,32-33,36-37,40-41,46-51,54-62,76-81H,12-31,34-35H2,1-9H3. The molecule has 2 aromatic heterocycles. The average molecular weight is 1150 g/mol. The first-order valence-electron chi connectivity index (χ1n) is 33.0. The van der Waals surface area contributed by atoms with Gasteiger partial charge in [-0.3, -0.25) is 9.80 Å². The van der Waals surface area contributed by atoms with E-state index in [1.807, 2.05) is 12.4 Å². The molecule has 2 aromatic rings. The van der Waals surface area contributed by atoms with E-state index in [1.165, 1.54) is 38.1 Å². The van der Waals surface area contributed by atoms with E-state index in [1.54, 1.807) is 11.1 Å². The smallest absolute Gasteiger partial charge is 0.110 e. The molecule has 0 bridgehead atoms. The number of fused-ring (bicyclic) bond motifs is 12. The molecule has 8 aliphatic carbocycles. The predicted molar refractivity (Wildman–Crippen MR) is 314 cm³/mol. The minimum absolute atomic E-state index is 0.109. The van der Waals surface area contributed by atoms with E-state index in [-0.39, 0.29) is 77.0 Å². The van der Waals surface area contributed by atoms with Crippen LogP contribution in [0.2, 0.25) is 0 Å². The summed E-state index contributed by atoms with van der Waals surface area (Å²) >= 11 is 0. The lowest BCUT2D eigenvalue weighted by Gasteiger charge is -2.49. The van der Waals surface area contributed by atoms with Gasteiger partial charge in [-0.1, -0.05) is 86.4 Å². The van der Waals surface area contributed by atoms with Gasteiger partial charge in [0.2, 0.25) is 0 Å². The molecule has 16 heteroatoms. The fourth-order valence-electron chi connectivity index (χ4n) is 22.5. The Hall–Kier alpha value is -3.16. The second kappa shape index (κ2) is 20.7. The van der Waals surface area contributed by atoms with Crippen molar-refractivity contribution in [3.05, 3.63) is 69.4 Å². The molecule has 6 heterocycles. The lowest BCUT2D eigenvalue weighted by atomic mass is 9.56. The minimum atomic E-state index is -1.66. The molecule has 14 rings (SSSR count). The summed E-state index contributed by atoms with van der Waals surface area (Å²) in [5.41, 5.74) is 10.3. The Bertz CT molecular complexity index is 2950. The SMILES string of the molecule is CC1=C2CC3C(CC=C4CC(O)CCC43C)C2CCC12OC1CC(C)CN(Cc3cn(CC(O)C(O)C(O)C(O)Cn4cc(CN5CC(C)CC6(C)OC7(CCC8C(=C7C)CC7C8CC=C8CC(O)CCC87C)C(C)C56)nn4)nn3)C1C2C. The summed E-state index contributed by atoms with van der Waals surface area (Å²) in [4.78, 5) is 5.12. The highest BCUT2D eigenvalue weighted by Crippen LogP contribution is 2.68. The Labute approximate surface area is 493 Å². The first-order valence-corrected chi connectivity index (χ1v) is 33.0.